The average molecular weight is 316 g/mol. The molecule has 0 N–H and O–H groups in total. The van der Waals surface area contributed by atoms with Gasteiger partial charge >= 0.3 is 0 Å². The lowest BCUT2D eigenvalue weighted by molar-refractivity contribution is 0.665. The van der Waals surface area contributed by atoms with E-state index in [1.54, 1.807) is 0 Å². The van der Waals surface area contributed by atoms with Crippen molar-refractivity contribution in [2.75, 3.05) is 0 Å². The maximum absolute atomic E-state index is 4.86. The second kappa shape index (κ2) is 4.18. The zero-order valence-corrected chi connectivity index (χ0v) is 14.2. The zero-order chi connectivity index (χ0) is 15.8. The molecular weight excluding hydrogens is 300 g/mol. The number of nitrogens with zero attached hydrogens (tertiary/aromatic N) is 2. The van der Waals surface area contributed by atoms with E-state index < -0.39 is 0 Å². The molecule has 0 saturated heterocycles. The van der Waals surface area contributed by atoms with Crippen LogP contribution in [0.1, 0.15) is 30.7 Å². The number of benzene rings is 1. The van der Waals surface area contributed by atoms with Crippen LogP contribution in [0.25, 0.3) is 31.6 Å². The van der Waals surface area contributed by atoms with E-state index in [2.05, 4.69) is 56.1 Å². The molecule has 0 atom stereocenters. The molecule has 0 radical (unpaired) electrons. The minimum atomic E-state index is -0.0438. The summed E-state index contributed by atoms with van der Waals surface area (Å²) in [5.41, 5.74) is 7.26. The molecule has 3 heteroatoms. The number of fused-ring (bicyclic) bond motifs is 7. The molecule has 3 aromatic heterocycles. The number of pyridine rings is 2. The maximum atomic E-state index is 4.86. The summed E-state index contributed by atoms with van der Waals surface area (Å²) in [4.78, 5) is 9.53. The number of rotatable bonds is 0. The van der Waals surface area contributed by atoms with E-state index in [-0.39, 0.29) is 5.41 Å². The number of hydrogen-bond acceptors (Lipinski definition) is 3. The van der Waals surface area contributed by atoms with Crippen LogP contribution in [0.15, 0.2) is 42.6 Å². The Labute approximate surface area is 138 Å². The lowest BCUT2D eigenvalue weighted by atomic mass is 9.81. The molecule has 112 valence electrons. The maximum Gasteiger partial charge on any atom is 0.0894 e. The predicted octanol–water partition coefficient (Wildman–Crippen LogP) is 5.46. The average Bonchev–Trinajstić information content (AvgIpc) is 3.01. The van der Waals surface area contributed by atoms with Crippen molar-refractivity contribution in [3.05, 3.63) is 59.4 Å². The van der Waals surface area contributed by atoms with E-state index in [9.17, 15) is 0 Å². The molecule has 0 fully saturated rings. The molecule has 0 amide bonds. The van der Waals surface area contributed by atoms with Crippen LogP contribution in [0.2, 0.25) is 0 Å². The summed E-state index contributed by atoms with van der Waals surface area (Å²) in [7, 11) is 0. The summed E-state index contributed by atoms with van der Waals surface area (Å²) >= 11 is 1.83. The van der Waals surface area contributed by atoms with Crippen LogP contribution in [0.5, 0.6) is 0 Å². The fraction of sp³-hybridized carbons (Fsp3) is 0.200. The van der Waals surface area contributed by atoms with Gasteiger partial charge in [-0.05, 0) is 42.3 Å². The molecule has 3 heterocycles. The van der Waals surface area contributed by atoms with Crippen LogP contribution in [0, 0.1) is 6.92 Å². The van der Waals surface area contributed by atoms with Crippen LogP contribution in [-0.4, -0.2) is 9.97 Å². The normalized spacial score (nSPS) is 15.1. The Kier molecular flexibility index (Phi) is 2.40. The van der Waals surface area contributed by atoms with Gasteiger partial charge in [0.15, 0.2) is 0 Å². The Morgan fingerprint density at radius 1 is 1.00 bits per heavy atom. The van der Waals surface area contributed by atoms with Crippen molar-refractivity contribution >= 4 is 31.6 Å². The quantitative estimate of drug-likeness (QED) is 0.430. The van der Waals surface area contributed by atoms with Gasteiger partial charge in [-0.25, -0.2) is 0 Å². The van der Waals surface area contributed by atoms with E-state index in [1.165, 1.54) is 31.5 Å². The third kappa shape index (κ3) is 1.58. The van der Waals surface area contributed by atoms with Crippen molar-refractivity contribution in [3.8, 4) is 11.3 Å². The van der Waals surface area contributed by atoms with Gasteiger partial charge in [-0.1, -0.05) is 26.0 Å². The van der Waals surface area contributed by atoms with E-state index in [4.69, 9.17) is 4.98 Å². The zero-order valence-electron chi connectivity index (χ0n) is 13.3. The summed E-state index contributed by atoms with van der Waals surface area (Å²) in [6.45, 7) is 6.67. The van der Waals surface area contributed by atoms with Crippen molar-refractivity contribution in [3.63, 3.8) is 0 Å². The molecule has 23 heavy (non-hydrogen) atoms. The van der Waals surface area contributed by atoms with Crippen molar-refractivity contribution in [2.24, 2.45) is 0 Å². The Bertz CT molecular complexity index is 1110. The van der Waals surface area contributed by atoms with E-state index in [0.717, 1.165) is 16.9 Å². The molecule has 4 aromatic rings. The first kappa shape index (κ1) is 13.2. The Morgan fingerprint density at radius 2 is 1.83 bits per heavy atom. The largest absolute Gasteiger partial charge is 0.256 e. The highest BCUT2D eigenvalue weighted by molar-refractivity contribution is 7.25. The van der Waals surface area contributed by atoms with Crippen LogP contribution in [-0.2, 0) is 5.41 Å². The van der Waals surface area contributed by atoms with Crippen LogP contribution < -0.4 is 0 Å². The van der Waals surface area contributed by atoms with E-state index >= 15 is 0 Å². The molecule has 0 spiro atoms. The number of hydrogen-bond donors (Lipinski definition) is 0. The summed E-state index contributed by atoms with van der Waals surface area (Å²) in [6.07, 6.45) is 1.89. The molecule has 0 aliphatic heterocycles. The number of aryl methyl sites for hydroxylation is 1. The minimum Gasteiger partial charge on any atom is -0.256 e. The Balaban J connectivity index is 2.02. The summed E-state index contributed by atoms with van der Waals surface area (Å²) in [5, 5.41) is 1.31. The standard InChI is InChI=1S/C20H16N2S/c1-11-6-8-15-19(22-11)16-14(23-15)9-7-12-17(16)20(2,3)13-5-4-10-21-18(12)13/h4-10H,1-3H3. The minimum absolute atomic E-state index is 0.0438. The first-order valence-corrected chi connectivity index (χ1v) is 8.68. The topological polar surface area (TPSA) is 25.8 Å². The third-order valence-electron chi connectivity index (χ3n) is 4.98. The molecule has 1 aromatic carbocycles. The second-order valence-electron chi connectivity index (χ2n) is 6.79. The molecule has 0 saturated carbocycles. The van der Waals surface area contributed by atoms with Gasteiger partial charge < -0.3 is 0 Å². The van der Waals surface area contributed by atoms with Crippen molar-refractivity contribution < 1.29 is 0 Å². The highest BCUT2D eigenvalue weighted by atomic mass is 32.1. The van der Waals surface area contributed by atoms with Crippen LogP contribution in [0.3, 0.4) is 0 Å². The lowest BCUT2D eigenvalue weighted by Gasteiger charge is -2.22. The van der Waals surface area contributed by atoms with Gasteiger partial charge in [0.25, 0.3) is 0 Å². The lowest BCUT2D eigenvalue weighted by Crippen LogP contribution is -2.15. The fourth-order valence-corrected chi connectivity index (χ4v) is 4.99. The molecule has 0 bridgehead atoms. The van der Waals surface area contributed by atoms with E-state index in [1.807, 2.05) is 23.6 Å². The summed E-state index contributed by atoms with van der Waals surface area (Å²) < 4.78 is 2.58. The highest BCUT2D eigenvalue weighted by Gasteiger charge is 2.38. The number of aromatic nitrogens is 2. The van der Waals surface area contributed by atoms with Gasteiger partial charge in [-0.2, -0.15) is 0 Å². The third-order valence-corrected chi connectivity index (χ3v) is 6.09. The molecule has 0 unspecified atom stereocenters. The Hall–Kier alpha value is -2.26. The molecule has 5 rings (SSSR count). The van der Waals surface area contributed by atoms with Crippen molar-refractivity contribution in [2.45, 2.75) is 26.2 Å². The second-order valence-corrected chi connectivity index (χ2v) is 7.87. The highest BCUT2D eigenvalue weighted by Crippen LogP contribution is 2.52. The van der Waals surface area contributed by atoms with Gasteiger partial charge in [0.2, 0.25) is 0 Å². The monoisotopic (exact) mass is 316 g/mol. The number of thiophene rings is 1. The van der Waals surface area contributed by atoms with E-state index in [0.29, 0.717) is 0 Å². The Morgan fingerprint density at radius 3 is 2.70 bits per heavy atom. The van der Waals surface area contributed by atoms with Gasteiger partial charge in [0.05, 0.1) is 15.9 Å². The van der Waals surface area contributed by atoms with Crippen LogP contribution >= 0.6 is 11.3 Å². The molecule has 2 nitrogen and oxygen atoms in total. The molecule has 1 aliphatic rings. The molecular formula is C20H16N2S. The molecule has 1 aliphatic carbocycles. The predicted molar refractivity (Wildman–Crippen MR) is 97.2 cm³/mol. The van der Waals surface area contributed by atoms with Crippen LogP contribution in [0.4, 0.5) is 0 Å². The first-order chi connectivity index (χ1) is 11.1. The smallest absolute Gasteiger partial charge is 0.0894 e. The SMILES string of the molecule is Cc1ccc2sc3ccc4c(c3c2n1)C(C)(C)c1cccnc1-4. The van der Waals surface area contributed by atoms with Gasteiger partial charge in [-0.15, -0.1) is 11.3 Å². The fourth-order valence-electron chi connectivity index (χ4n) is 3.93. The van der Waals surface area contributed by atoms with Crippen molar-refractivity contribution in [1.82, 2.24) is 9.97 Å². The summed E-state index contributed by atoms with van der Waals surface area (Å²) in [5.74, 6) is 0. The van der Waals surface area contributed by atoms with Gasteiger partial charge in [0, 0.05) is 33.0 Å². The first-order valence-electron chi connectivity index (χ1n) is 7.86. The summed E-state index contributed by atoms with van der Waals surface area (Å²) in [6, 6.07) is 13.0. The van der Waals surface area contributed by atoms with Gasteiger partial charge in [-0.3, -0.25) is 9.97 Å². The van der Waals surface area contributed by atoms with Gasteiger partial charge in [0.1, 0.15) is 0 Å². The van der Waals surface area contributed by atoms with Crippen molar-refractivity contribution in [1.29, 1.82) is 0 Å².